The number of hydrazine groups is 1. The van der Waals surface area contributed by atoms with Gasteiger partial charge in [-0.3, -0.25) is 5.43 Å². The highest BCUT2D eigenvalue weighted by Crippen LogP contribution is 2.65. The Bertz CT molecular complexity index is 1740. The highest BCUT2D eigenvalue weighted by atomic mass is 16.2. The predicted octanol–water partition coefficient (Wildman–Crippen LogP) is 0.461. The Morgan fingerprint density at radius 2 is 1.47 bits per heavy atom. The van der Waals surface area contributed by atoms with Gasteiger partial charge in [-0.15, -0.1) is 5.10 Å². The van der Waals surface area contributed by atoms with Gasteiger partial charge < -0.3 is 0 Å². The van der Waals surface area contributed by atoms with Crippen LogP contribution < -0.4 is 15.8 Å². The summed E-state index contributed by atoms with van der Waals surface area (Å²) in [4.78, 5) is 24.2. The van der Waals surface area contributed by atoms with E-state index in [-0.39, 0.29) is 11.7 Å². The molecule has 0 radical (unpaired) electrons. The highest BCUT2D eigenvalue weighted by Gasteiger charge is 2.63. The lowest BCUT2D eigenvalue weighted by Crippen LogP contribution is -2.55. The van der Waals surface area contributed by atoms with E-state index in [2.05, 4.69) is 32.9 Å². The van der Waals surface area contributed by atoms with Crippen molar-refractivity contribution in [1.82, 2.24) is 30.3 Å². The standard InChI is InChI=1S/C26H21N10O2/c1-33-23(37)34(2)30-21(29-33)15-9-17-5-7-19-11-16(22-31-35(3)24(38)36(4)32-22)12-20-8-6-18(10-15)25(17,13-27)26(19,20)14-28/h5-12H,1-4H3,(H,29,30)/q+1. The summed E-state index contributed by atoms with van der Waals surface area (Å²) in [5.41, 5.74) is 3.81. The lowest BCUT2D eigenvalue weighted by molar-refractivity contribution is -0.750. The highest BCUT2D eigenvalue weighted by molar-refractivity contribution is 6.04. The van der Waals surface area contributed by atoms with E-state index in [1.807, 2.05) is 36.5 Å². The van der Waals surface area contributed by atoms with Crippen LogP contribution in [0, 0.1) is 33.5 Å². The molecule has 12 heteroatoms. The van der Waals surface area contributed by atoms with E-state index in [4.69, 9.17) is 0 Å². The Kier molecular flexibility index (Phi) is 4.59. The molecule has 0 bridgehead atoms. The number of nitrogens with one attached hydrogen (secondary N) is 1. The Balaban J connectivity index is 1.57. The van der Waals surface area contributed by atoms with Crippen molar-refractivity contribution in [3.63, 3.8) is 0 Å². The van der Waals surface area contributed by atoms with Crippen molar-refractivity contribution in [2.75, 3.05) is 14.1 Å². The first-order valence-electron chi connectivity index (χ1n) is 11.7. The summed E-state index contributed by atoms with van der Waals surface area (Å²) < 4.78 is 2.40. The summed E-state index contributed by atoms with van der Waals surface area (Å²) in [5.74, 6) is 0.760. The summed E-state index contributed by atoms with van der Waals surface area (Å²) in [7, 11) is 6.25. The lowest BCUT2D eigenvalue weighted by Gasteiger charge is -2.51. The van der Waals surface area contributed by atoms with Gasteiger partial charge in [-0.1, -0.05) is 43.9 Å². The number of hydrogen-bond donors (Lipinski definition) is 1. The van der Waals surface area contributed by atoms with Crippen LogP contribution in [0.15, 0.2) is 86.4 Å². The second-order valence-corrected chi connectivity index (χ2v) is 9.48. The van der Waals surface area contributed by atoms with Gasteiger partial charge in [-0.05, 0) is 46.6 Å². The van der Waals surface area contributed by atoms with Crippen molar-refractivity contribution in [2.24, 2.45) is 30.0 Å². The second kappa shape index (κ2) is 7.57. The number of hydrazone groups is 1. The molecule has 4 aliphatic carbocycles. The fourth-order valence-corrected chi connectivity index (χ4v) is 5.60. The van der Waals surface area contributed by atoms with E-state index in [1.54, 1.807) is 40.3 Å². The number of amidine groups is 1. The Morgan fingerprint density at radius 3 is 2.03 bits per heavy atom. The Morgan fingerprint density at radius 1 is 0.895 bits per heavy atom. The smallest absolute Gasteiger partial charge is 0.276 e. The fraction of sp³-hybridized carbons (Fsp3) is 0.231. The molecular formula is C26H21N10O2+. The zero-order valence-electron chi connectivity index (χ0n) is 21.0. The maximum atomic E-state index is 12.1. The second-order valence-electron chi connectivity index (χ2n) is 9.48. The summed E-state index contributed by atoms with van der Waals surface area (Å²) in [6, 6.07) is 4.66. The topological polar surface area (TPSA) is 147 Å². The van der Waals surface area contributed by atoms with Crippen LogP contribution in [0.3, 0.4) is 0 Å². The first-order valence-corrected chi connectivity index (χ1v) is 11.7. The zero-order valence-corrected chi connectivity index (χ0v) is 21.0. The van der Waals surface area contributed by atoms with Gasteiger partial charge in [0.1, 0.15) is 24.9 Å². The molecule has 2 heterocycles. The number of carbonyl (C=O) groups is 1. The van der Waals surface area contributed by atoms with Crippen LogP contribution in [-0.2, 0) is 14.1 Å². The largest absolute Gasteiger partial charge is 0.539 e. The van der Waals surface area contributed by atoms with Crippen molar-refractivity contribution in [3.05, 3.63) is 92.8 Å². The minimum Gasteiger partial charge on any atom is -0.276 e. The number of rotatable bonds is 2. The molecular weight excluding hydrogens is 484 g/mol. The monoisotopic (exact) mass is 505 g/mol. The molecule has 0 saturated carbocycles. The molecule has 0 saturated heterocycles. The molecule has 2 unspecified atom stereocenters. The third-order valence-corrected chi connectivity index (χ3v) is 7.42. The fourth-order valence-electron chi connectivity index (χ4n) is 5.60. The van der Waals surface area contributed by atoms with Gasteiger partial charge in [0.15, 0.2) is 5.84 Å². The number of aromatic nitrogens is 4. The summed E-state index contributed by atoms with van der Waals surface area (Å²) in [5, 5.41) is 37.0. The number of nitriles is 2. The molecule has 0 spiro atoms. The van der Waals surface area contributed by atoms with E-state index in [0.29, 0.717) is 45.1 Å². The molecule has 186 valence electrons. The number of allylic oxidation sites excluding steroid dienone is 12. The third kappa shape index (κ3) is 2.71. The van der Waals surface area contributed by atoms with Gasteiger partial charge in [-0.25, -0.2) is 14.8 Å². The number of hydrogen-bond acceptors (Lipinski definition) is 8. The average molecular weight is 506 g/mol. The molecule has 0 aromatic carbocycles. The van der Waals surface area contributed by atoms with E-state index < -0.39 is 10.8 Å². The first-order chi connectivity index (χ1) is 18.2. The predicted molar refractivity (Wildman–Crippen MR) is 134 cm³/mol. The number of nitrogens with zero attached hydrogens (tertiary/aromatic N) is 9. The van der Waals surface area contributed by atoms with E-state index >= 15 is 0 Å². The summed E-state index contributed by atoms with van der Waals surface area (Å²) in [6.45, 7) is 0. The SMILES string of the molecule is CN1N=C(C2=CC3=CC=C4C=C(c5nn(C)c(=O)[n+](C)n5)C=C5C=CC(=C2)C3(C#N)C45C#N)NN(C)C1=O. The molecule has 0 fully saturated rings. The van der Waals surface area contributed by atoms with Crippen LogP contribution in [0.5, 0.6) is 0 Å². The number of urea groups is 1. The summed E-state index contributed by atoms with van der Waals surface area (Å²) >= 11 is 0. The van der Waals surface area contributed by atoms with Crippen LogP contribution in [0.4, 0.5) is 4.79 Å². The maximum absolute atomic E-state index is 12.1. The van der Waals surface area contributed by atoms with Crippen LogP contribution >= 0.6 is 0 Å². The molecule has 1 aromatic rings. The third-order valence-electron chi connectivity index (χ3n) is 7.42. The molecule has 1 aliphatic heterocycles. The van der Waals surface area contributed by atoms with Gasteiger partial charge in [0.05, 0.1) is 12.1 Å². The molecule has 12 nitrogen and oxygen atoms in total. The zero-order chi connectivity index (χ0) is 27.0. The van der Waals surface area contributed by atoms with Crippen molar-refractivity contribution in [2.45, 2.75) is 0 Å². The Labute approximate surface area is 217 Å². The molecule has 2 atom stereocenters. The van der Waals surface area contributed by atoms with Gasteiger partial charge >= 0.3 is 11.7 Å². The van der Waals surface area contributed by atoms with Crippen molar-refractivity contribution < 1.29 is 9.48 Å². The minimum absolute atomic E-state index is 0.315. The summed E-state index contributed by atoms with van der Waals surface area (Å²) in [6.07, 6.45) is 14.6. The van der Waals surface area contributed by atoms with Crippen LogP contribution in [0.25, 0.3) is 5.57 Å². The average Bonchev–Trinajstić information content (AvgIpc) is 2.91. The lowest BCUT2D eigenvalue weighted by atomic mass is 9.46. The van der Waals surface area contributed by atoms with Crippen molar-refractivity contribution >= 4 is 17.4 Å². The maximum Gasteiger partial charge on any atom is 0.539 e. The van der Waals surface area contributed by atoms with Gasteiger partial charge in [0.25, 0.3) is 0 Å². The van der Waals surface area contributed by atoms with Crippen LogP contribution in [0.1, 0.15) is 5.82 Å². The minimum atomic E-state index is -1.31. The molecule has 2 amide bonds. The van der Waals surface area contributed by atoms with Crippen LogP contribution in [0.2, 0.25) is 0 Å². The first kappa shape index (κ1) is 23.1. The van der Waals surface area contributed by atoms with E-state index in [9.17, 15) is 20.1 Å². The molecule has 6 rings (SSSR count). The normalized spacial score (nSPS) is 26.8. The number of aryl methyl sites for hydroxylation is 2. The molecule has 1 aromatic heterocycles. The number of amides is 2. The Hall–Kier alpha value is -5.36. The van der Waals surface area contributed by atoms with Gasteiger partial charge in [-0.2, -0.15) is 15.3 Å². The molecule has 38 heavy (non-hydrogen) atoms. The van der Waals surface area contributed by atoms with Gasteiger partial charge in [0.2, 0.25) is 5.82 Å². The van der Waals surface area contributed by atoms with E-state index in [1.165, 1.54) is 19.4 Å². The van der Waals surface area contributed by atoms with Crippen molar-refractivity contribution in [1.29, 1.82) is 10.5 Å². The van der Waals surface area contributed by atoms with Crippen LogP contribution in [-0.4, -0.2) is 50.9 Å². The number of carbonyl (C=O) groups excluding carboxylic acids is 1. The quantitative estimate of drug-likeness (QED) is 0.574. The molecule has 5 aliphatic rings. The van der Waals surface area contributed by atoms with E-state index in [0.717, 1.165) is 0 Å². The van der Waals surface area contributed by atoms with Crippen molar-refractivity contribution in [3.8, 4) is 12.1 Å². The molecule has 1 N–H and O–H groups in total. The van der Waals surface area contributed by atoms with Gasteiger partial charge in [0, 0.05) is 25.2 Å².